The number of ketones is 1. The van der Waals surface area contributed by atoms with E-state index in [-0.39, 0.29) is 5.78 Å². The van der Waals surface area contributed by atoms with Gasteiger partial charge in [0.15, 0.2) is 0 Å². The van der Waals surface area contributed by atoms with Crippen molar-refractivity contribution in [2.24, 2.45) is 10.2 Å². The van der Waals surface area contributed by atoms with Crippen LogP contribution in [0.15, 0.2) is 70.9 Å². The molecule has 5 nitrogen and oxygen atoms in total. The number of hydrazone groups is 2. The lowest BCUT2D eigenvalue weighted by Crippen LogP contribution is -2.30. The molecule has 116 valence electrons. The minimum absolute atomic E-state index is 0.0943. The first kappa shape index (κ1) is 15.0. The zero-order valence-electron chi connectivity index (χ0n) is 12.7. The number of carbonyl (C=O) groups excluding carboxylic acids is 1. The van der Waals surface area contributed by atoms with Crippen LogP contribution in [0.2, 0.25) is 0 Å². The number of anilines is 2. The minimum Gasteiger partial charge on any atom is -0.286 e. The lowest BCUT2D eigenvalue weighted by Gasteiger charge is -2.14. The second kappa shape index (κ2) is 7.35. The summed E-state index contributed by atoms with van der Waals surface area (Å²) in [5.74, 6) is -0.0943. The molecule has 0 heterocycles. The molecule has 0 aromatic heterocycles. The molecule has 1 fully saturated rings. The summed E-state index contributed by atoms with van der Waals surface area (Å²) in [5, 5.41) is 8.50. The molecule has 0 radical (unpaired) electrons. The van der Waals surface area contributed by atoms with Crippen LogP contribution in [0.5, 0.6) is 0 Å². The van der Waals surface area contributed by atoms with Gasteiger partial charge in [-0.05, 0) is 43.5 Å². The van der Waals surface area contributed by atoms with E-state index in [0.717, 1.165) is 17.8 Å². The Hall–Kier alpha value is -2.95. The molecule has 1 aliphatic rings. The summed E-state index contributed by atoms with van der Waals surface area (Å²) in [6.07, 6.45) is 2.21. The Morgan fingerprint density at radius 3 is 1.57 bits per heavy atom. The molecule has 1 saturated carbocycles. The van der Waals surface area contributed by atoms with Gasteiger partial charge in [-0.25, -0.2) is 0 Å². The number of hydrogen-bond donors (Lipinski definition) is 2. The van der Waals surface area contributed by atoms with E-state index < -0.39 is 0 Å². The molecule has 0 aliphatic heterocycles. The molecule has 0 spiro atoms. The summed E-state index contributed by atoms with van der Waals surface area (Å²) in [5.41, 5.74) is 8.63. The highest BCUT2D eigenvalue weighted by atomic mass is 16.1. The quantitative estimate of drug-likeness (QED) is 0.847. The van der Waals surface area contributed by atoms with Gasteiger partial charge in [0, 0.05) is 0 Å². The fourth-order valence-corrected chi connectivity index (χ4v) is 2.32. The van der Waals surface area contributed by atoms with E-state index in [1.807, 2.05) is 60.7 Å². The van der Waals surface area contributed by atoms with Crippen molar-refractivity contribution >= 4 is 28.6 Å². The van der Waals surface area contributed by atoms with Crippen molar-refractivity contribution in [3.8, 4) is 0 Å². The number of nitrogens with one attached hydrogen (secondary N) is 2. The maximum Gasteiger partial charge on any atom is 0.224 e. The molecular formula is C18H18N4O. The van der Waals surface area contributed by atoms with Crippen LogP contribution in [0.1, 0.15) is 19.3 Å². The first-order chi connectivity index (χ1) is 11.3. The van der Waals surface area contributed by atoms with E-state index >= 15 is 0 Å². The van der Waals surface area contributed by atoms with Crippen molar-refractivity contribution in [1.29, 1.82) is 0 Å². The molecule has 23 heavy (non-hydrogen) atoms. The van der Waals surface area contributed by atoms with E-state index in [2.05, 4.69) is 21.1 Å². The third kappa shape index (κ3) is 4.03. The van der Waals surface area contributed by atoms with Crippen LogP contribution in [0, 0.1) is 0 Å². The second-order valence-corrected chi connectivity index (χ2v) is 5.26. The van der Waals surface area contributed by atoms with Crippen LogP contribution in [0.4, 0.5) is 11.4 Å². The lowest BCUT2D eigenvalue weighted by molar-refractivity contribution is -0.107. The molecule has 0 saturated heterocycles. The molecule has 0 amide bonds. The fourth-order valence-electron chi connectivity index (χ4n) is 2.32. The van der Waals surface area contributed by atoms with Crippen LogP contribution in [-0.4, -0.2) is 17.2 Å². The predicted octanol–water partition coefficient (Wildman–Crippen LogP) is 3.68. The highest BCUT2D eigenvalue weighted by Gasteiger charge is 2.24. The van der Waals surface area contributed by atoms with E-state index in [1.165, 1.54) is 0 Å². The Morgan fingerprint density at radius 1 is 0.696 bits per heavy atom. The first-order valence-corrected chi connectivity index (χ1v) is 7.63. The van der Waals surface area contributed by atoms with E-state index in [9.17, 15) is 4.79 Å². The number of Topliss-reactive ketones (excluding diaryl/α,β-unsaturated/α-hetero) is 1. The number of nitrogens with zero attached hydrogens (tertiary/aromatic N) is 2. The molecular weight excluding hydrogens is 288 g/mol. The molecule has 0 bridgehead atoms. The molecule has 1 aliphatic carbocycles. The van der Waals surface area contributed by atoms with Gasteiger partial charge in [-0.3, -0.25) is 15.6 Å². The molecule has 2 aromatic carbocycles. The third-order valence-electron chi connectivity index (χ3n) is 3.54. The predicted molar refractivity (Wildman–Crippen MR) is 93.9 cm³/mol. The number of hydrogen-bond acceptors (Lipinski definition) is 5. The Kier molecular flexibility index (Phi) is 4.79. The molecule has 3 rings (SSSR count). The van der Waals surface area contributed by atoms with Crippen LogP contribution in [-0.2, 0) is 4.79 Å². The number of rotatable bonds is 4. The number of carbonyl (C=O) groups is 1. The van der Waals surface area contributed by atoms with E-state index in [4.69, 9.17) is 0 Å². The van der Waals surface area contributed by atoms with Crippen molar-refractivity contribution in [2.45, 2.75) is 19.3 Å². The smallest absolute Gasteiger partial charge is 0.224 e. The number of para-hydroxylation sites is 2. The van der Waals surface area contributed by atoms with Crippen molar-refractivity contribution in [2.75, 3.05) is 10.9 Å². The van der Waals surface area contributed by atoms with Crippen molar-refractivity contribution in [1.82, 2.24) is 0 Å². The first-order valence-electron chi connectivity index (χ1n) is 7.63. The summed E-state index contributed by atoms with van der Waals surface area (Å²) < 4.78 is 0. The summed E-state index contributed by atoms with van der Waals surface area (Å²) in [6, 6.07) is 19.2. The third-order valence-corrected chi connectivity index (χ3v) is 3.54. The Morgan fingerprint density at radius 2 is 1.13 bits per heavy atom. The largest absolute Gasteiger partial charge is 0.286 e. The zero-order chi connectivity index (χ0) is 15.9. The van der Waals surface area contributed by atoms with Crippen LogP contribution < -0.4 is 10.9 Å². The van der Waals surface area contributed by atoms with Crippen molar-refractivity contribution in [3.05, 3.63) is 60.7 Å². The van der Waals surface area contributed by atoms with Gasteiger partial charge in [0.05, 0.1) is 11.4 Å². The summed E-state index contributed by atoms with van der Waals surface area (Å²) in [6.45, 7) is 0. The lowest BCUT2D eigenvalue weighted by atomic mass is 9.95. The summed E-state index contributed by atoms with van der Waals surface area (Å²) in [7, 11) is 0. The fraction of sp³-hybridized carbons (Fsp3) is 0.167. The van der Waals surface area contributed by atoms with E-state index in [1.54, 1.807) is 0 Å². The Bertz CT molecular complexity index is 662. The second-order valence-electron chi connectivity index (χ2n) is 5.26. The molecule has 2 N–H and O–H groups in total. The van der Waals surface area contributed by atoms with Gasteiger partial charge in [-0.15, -0.1) is 0 Å². The van der Waals surface area contributed by atoms with Gasteiger partial charge in [-0.2, -0.15) is 10.2 Å². The Labute approximate surface area is 135 Å². The molecule has 2 aromatic rings. The maximum atomic E-state index is 12.4. The highest BCUT2D eigenvalue weighted by Crippen LogP contribution is 2.13. The van der Waals surface area contributed by atoms with Crippen LogP contribution in [0.25, 0.3) is 0 Å². The van der Waals surface area contributed by atoms with E-state index in [0.29, 0.717) is 24.3 Å². The maximum absolute atomic E-state index is 12.4. The van der Waals surface area contributed by atoms with Gasteiger partial charge < -0.3 is 0 Å². The topological polar surface area (TPSA) is 65.8 Å². The van der Waals surface area contributed by atoms with Gasteiger partial charge in [0.1, 0.15) is 11.4 Å². The molecule has 5 heteroatoms. The monoisotopic (exact) mass is 306 g/mol. The molecule has 0 unspecified atom stereocenters. The molecule has 0 atom stereocenters. The van der Waals surface area contributed by atoms with Crippen molar-refractivity contribution < 1.29 is 4.79 Å². The van der Waals surface area contributed by atoms with Crippen molar-refractivity contribution in [3.63, 3.8) is 0 Å². The average Bonchev–Trinajstić information content (AvgIpc) is 2.61. The number of benzene rings is 2. The average molecular weight is 306 g/mol. The van der Waals surface area contributed by atoms with Gasteiger partial charge in [0.25, 0.3) is 0 Å². The highest BCUT2D eigenvalue weighted by molar-refractivity contribution is 6.67. The minimum atomic E-state index is -0.0943. The normalized spacial score (nSPS) is 18.2. The summed E-state index contributed by atoms with van der Waals surface area (Å²) >= 11 is 0. The SMILES string of the molecule is O=C1/C(=N\Nc2ccccc2)CCC/C1=N\Nc1ccccc1. The van der Waals surface area contributed by atoms with Crippen LogP contribution >= 0.6 is 0 Å². The Balaban J connectivity index is 1.68. The van der Waals surface area contributed by atoms with Gasteiger partial charge >= 0.3 is 0 Å². The summed E-state index contributed by atoms with van der Waals surface area (Å²) in [4.78, 5) is 12.4. The van der Waals surface area contributed by atoms with Crippen LogP contribution in [0.3, 0.4) is 0 Å². The standard InChI is InChI=1S/C18H18N4O/c23-18-16(21-19-14-8-3-1-4-9-14)12-7-13-17(18)22-20-15-10-5-2-6-11-15/h1-6,8-11,19-20H,7,12-13H2/b21-16-,22-17+. The van der Waals surface area contributed by atoms with Gasteiger partial charge in [0.2, 0.25) is 5.78 Å². The zero-order valence-corrected chi connectivity index (χ0v) is 12.7. The van der Waals surface area contributed by atoms with Gasteiger partial charge in [-0.1, -0.05) is 36.4 Å².